The summed E-state index contributed by atoms with van der Waals surface area (Å²) in [5.41, 5.74) is 4.29. The molecule has 2 aromatic rings. The number of hydrogen-bond donors (Lipinski definition) is 1. The number of benzene rings is 2. The summed E-state index contributed by atoms with van der Waals surface area (Å²) in [6, 6.07) is 13.3. The summed E-state index contributed by atoms with van der Waals surface area (Å²) in [4.78, 5) is 28.0. The maximum absolute atomic E-state index is 13.3. The standard InChI is InChI=1S/C25H32N2O3/c1-16(2)12-24(28)27-15-20-9-7-6-8-19(20)14-22(27)25(29)26-18(4)21-13-17(3)10-11-23(21)30-5/h6-11,13,16,18,22H,12,14-15H2,1-5H3,(H,26,29). The van der Waals surface area contributed by atoms with E-state index in [2.05, 4.69) is 5.32 Å². The molecule has 5 heteroatoms. The molecule has 2 amide bonds. The van der Waals surface area contributed by atoms with Crippen LogP contribution in [-0.2, 0) is 22.6 Å². The molecule has 0 bridgehead atoms. The Kier molecular flexibility index (Phi) is 6.80. The summed E-state index contributed by atoms with van der Waals surface area (Å²) in [6.07, 6.45) is 0.969. The number of methoxy groups -OCH3 is 1. The number of fused-ring (bicyclic) bond motifs is 1. The lowest BCUT2D eigenvalue weighted by Crippen LogP contribution is -2.53. The van der Waals surface area contributed by atoms with E-state index < -0.39 is 6.04 Å². The average molecular weight is 409 g/mol. The maximum atomic E-state index is 13.3. The number of amides is 2. The van der Waals surface area contributed by atoms with Crippen molar-refractivity contribution in [3.05, 3.63) is 64.7 Å². The van der Waals surface area contributed by atoms with Gasteiger partial charge in [-0.15, -0.1) is 0 Å². The molecule has 1 aliphatic heterocycles. The van der Waals surface area contributed by atoms with Crippen LogP contribution in [-0.4, -0.2) is 29.9 Å². The molecule has 0 spiro atoms. The Morgan fingerprint density at radius 2 is 1.83 bits per heavy atom. The van der Waals surface area contributed by atoms with Gasteiger partial charge in [0.2, 0.25) is 11.8 Å². The van der Waals surface area contributed by atoms with Crippen molar-refractivity contribution in [3.8, 4) is 5.75 Å². The second-order valence-electron chi connectivity index (χ2n) is 8.58. The molecule has 30 heavy (non-hydrogen) atoms. The van der Waals surface area contributed by atoms with Crippen molar-refractivity contribution in [2.24, 2.45) is 5.92 Å². The first-order valence-electron chi connectivity index (χ1n) is 10.6. The van der Waals surface area contributed by atoms with E-state index in [0.717, 1.165) is 28.0 Å². The van der Waals surface area contributed by atoms with Crippen LogP contribution < -0.4 is 10.1 Å². The summed E-state index contributed by atoms with van der Waals surface area (Å²) in [5.74, 6) is 0.891. The number of nitrogens with one attached hydrogen (secondary N) is 1. The van der Waals surface area contributed by atoms with Crippen molar-refractivity contribution < 1.29 is 14.3 Å². The Morgan fingerprint density at radius 3 is 2.50 bits per heavy atom. The molecule has 2 unspecified atom stereocenters. The van der Waals surface area contributed by atoms with E-state index >= 15 is 0 Å². The van der Waals surface area contributed by atoms with E-state index in [4.69, 9.17) is 4.74 Å². The van der Waals surface area contributed by atoms with Crippen LogP contribution in [0.25, 0.3) is 0 Å². The number of carbonyl (C=O) groups excluding carboxylic acids is 2. The van der Waals surface area contributed by atoms with Crippen LogP contribution in [0, 0.1) is 12.8 Å². The van der Waals surface area contributed by atoms with Crippen molar-refractivity contribution in [2.45, 2.75) is 59.2 Å². The summed E-state index contributed by atoms with van der Waals surface area (Å²) in [6.45, 7) is 8.49. The summed E-state index contributed by atoms with van der Waals surface area (Å²) < 4.78 is 5.48. The lowest BCUT2D eigenvalue weighted by atomic mass is 9.92. The molecule has 0 aliphatic carbocycles. The first kappa shape index (κ1) is 21.9. The minimum absolute atomic E-state index is 0.0282. The quantitative estimate of drug-likeness (QED) is 0.780. The third-order valence-corrected chi connectivity index (χ3v) is 5.66. The number of ether oxygens (including phenoxy) is 1. The van der Waals surface area contributed by atoms with Crippen molar-refractivity contribution in [2.75, 3.05) is 7.11 Å². The average Bonchev–Trinajstić information content (AvgIpc) is 2.72. The number of carbonyl (C=O) groups is 2. The zero-order valence-corrected chi connectivity index (χ0v) is 18.6. The number of hydrogen-bond acceptors (Lipinski definition) is 3. The lowest BCUT2D eigenvalue weighted by Gasteiger charge is -2.37. The molecule has 0 fully saturated rings. The summed E-state index contributed by atoms with van der Waals surface area (Å²) in [7, 11) is 1.63. The maximum Gasteiger partial charge on any atom is 0.243 e. The monoisotopic (exact) mass is 408 g/mol. The van der Waals surface area contributed by atoms with Crippen LogP contribution in [0.15, 0.2) is 42.5 Å². The van der Waals surface area contributed by atoms with E-state index in [1.54, 1.807) is 12.0 Å². The molecule has 0 aromatic heterocycles. The first-order chi connectivity index (χ1) is 14.3. The predicted molar refractivity (Wildman–Crippen MR) is 118 cm³/mol. The molecule has 3 rings (SSSR count). The molecule has 160 valence electrons. The molecule has 0 saturated heterocycles. The van der Waals surface area contributed by atoms with Gasteiger partial charge in [-0.3, -0.25) is 9.59 Å². The van der Waals surface area contributed by atoms with Gasteiger partial charge in [-0.05, 0) is 37.0 Å². The highest BCUT2D eigenvalue weighted by molar-refractivity contribution is 5.89. The van der Waals surface area contributed by atoms with Crippen molar-refractivity contribution in [1.29, 1.82) is 0 Å². The molecule has 0 saturated carbocycles. The van der Waals surface area contributed by atoms with Gasteiger partial charge in [0.15, 0.2) is 0 Å². The Bertz CT molecular complexity index is 922. The van der Waals surface area contributed by atoms with Gasteiger partial charge < -0.3 is 15.0 Å². The third kappa shape index (κ3) is 4.84. The normalized spacial score (nSPS) is 16.7. The fraction of sp³-hybridized carbons (Fsp3) is 0.440. The van der Waals surface area contributed by atoms with Crippen molar-refractivity contribution in [1.82, 2.24) is 10.2 Å². The second-order valence-corrected chi connectivity index (χ2v) is 8.58. The smallest absolute Gasteiger partial charge is 0.243 e. The predicted octanol–water partition coefficient (Wildman–Crippen LogP) is 4.18. The Labute approximate surface area is 179 Å². The molecule has 5 nitrogen and oxygen atoms in total. The van der Waals surface area contributed by atoms with E-state index in [0.29, 0.717) is 19.4 Å². The SMILES string of the molecule is COc1ccc(C)cc1C(C)NC(=O)C1Cc2ccccc2CN1C(=O)CC(C)C. The molecule has 1 N–H and O–H groups in total. The zero-order chi connectivity index (χ0) is 21.8. The molecule has 1 heterocycles. The van der Waals surface area contributed by atoms with Gasteiger partial charge in [0.05, 0.1) is 13.2 Å². The molecule has 0 radical (unpaired) electrons. The van der Waals surface area contributed by atoms with Crippen LogP contribution >= 0.6 is 0 Å². The number of rotatable bonds is 6. The van der Waals surface area contributed by atoms with E-state index in [9.17, 15) is 9.59 Å². The highest BCUT2D eigenvalue weighted by atomic mass is 16.5. The van der Waals surface area contributed by atoms with Crippen molar-refractivity contribution in [3.63, 3.8) is 0 Å². The van der Waals surface area contributed by atoms with Gasteiger partial charge in [-0.25, -0.2) is 0 Å². The molecular formula is C25H32N2O3. The molecule has 2 atom stereocenters. The van der Waals surface area contributed by atoms with Gasteiger partial charge >= 0.3 is 0 Å². The van der Waals surface area contributed by atoms with Gasteiger partial charge in [-0.2, -0.15) is 0 Å². The summed E-state index contributed by atoms with van der Waals surface area (Å²) >= 11 is 0. The highest BCUT2D eigenvalue weighted by Gasteiger charge is 2.35. The number of nitrogens with zero attached hydrogens (tertiary/aromatic N) is 1. The lowest BCUT2D eigenvalue weighted by molar-refractivity contribution is -0.142. The van der Waals surface area contributed by atoms with E-state index in [-0.39, 0.29) is 23.8 Å². The van der Waals surface area contributed by atoms with Crippen LogP contribution in [0.4, 0.5) is 0 Å². The summed E-state index contributed by atoms with van der Waals surface area (Å²) in [5, 5.41) is 3.12. The van der Waals surface area contributed by atoms with Gasteiger partial charge in [0, 0.05) is 24.9 Å². The fourth-order valence-corrected chi connectivity index (χ4v) is 4.07. The topological polar surface area (TPSA) is 58.6 Å². The van der Waals surface area contributed by atoms with Gasteiger partial charge in [0.25, 0.3) is 0 Å². The van der Waals surface area contributed by atoms with E-state index in [1.165, 1.54) is 0 Å². The van der Waals surface area contributed by atoms with Crippen LogP contribution in [0.2, 0.25) is 0 Å². The molecular weight excluding hydrogens is 376 g/mol. The zero-order valence-electron chi connectivity index (χ0n) is 18.6. The fourth-order valence-electron chi connectivity index (χ4n) is 4.07. The molecule has 2 aromatic carbocycles. The highest BCUT2D eigenvalue weighted by Crippen LogP contribution is 2.28. The third-order valence-electron chi connectivity index (χ3n) is 5.66. The minimum atomic E-state index is -0.510. The van der Waals surface area contributed by atoms with E-state index in [1.807, 2.05) is 70.2 Å². The largest absolute Gasteiger partial charge is 0.496 e. The first-order valence-corrected chi connectivity index (χ1v) is 10.6. The Hall–Kier alpha value is -2.82. The molecule has 1 aliphatic rings. The van der Waals surface area contributed by atoms with Gasteiger partial charge in [0.1, 0.15) is 11.8 Å². The van der Waals surface area contributed by atoms with Crippen LogP contribution in [0.3, 0.4) is 0 Å². The second kappa shape index (κ2) is 9.33. The van der Waals surface area contributed by atoms with Crippen molar-refractivity contribution >= 4 is 11.8 Å². The van der Waals surface area contributed by atoms with Crippen LogP contribution in [0.5, 0.6) is 5.75 Å². The number of aryl methyl sites for hydroxylation is 1. The Morgan fingerprint density at radius 1 is 1.13 bits per heavy atom. The minimum Gasteiger partial charge on any atom is -0.496 e. The Balaban J connectivity index is 1.84. The van der Waals surface area contributed by atoms with Crippen LogP contribution in [0.1, 0.15) is 55.5 Å². The van der Waals surface area contributed by atoms with Gasteiger partial charge in [-0.1, -0.05) is 55.8 Å².